The van der Waals surface area contributed by atoms with Crippen LogP contribution in [0.15, 0.2) is 0 Å². The van der Waals surface area contributed by atoms with Crippen LogP contribution in [-0.2, 0) is 0 Å². The maximum Gasteiger partial charge on any atom is 0.00671 e. The topological polar surface area (TPSA) is 29.3 Å². The third kappa shape index (κ3) is 3.45. The maximum absolute atomic E-state index is 6.14. The van der Waals surface area contributed by atoms with Crippen molar-refractivity contribution in [3.05, 3.63) is 0 Å². The largest absolute Gasteiger partial charge is 0.330 e. The van der Waals surface area contributed by atoms with Crippen molar-refractivity contribution in [3.8, 4) is 0 Å². The van der Waals surface area contributed by atoms with E-state index in [0.717, 1.165) is 12.6 Å². The Morgan fingerprint density at radius 2 is 1.76 bits per heavy atom. The molecule has 1 unspecified atom stereocenters. The third-order valence-electron chi connectivity index (χ3n) is 5.08. The lowest BCUT2D eigenvalue weighted by atomic mass is 9.79. The summed E-state index contributed by atoms with van der Waals surface area (Å²) in [7, 11) is 0. The number of likely N-dealkylation sites (tertiary alicyclic amines) is 1. The summed E-state index contributed by atoms with van der Waals surface area (Å²) in [6.45, 7) is 5.88. The van der Waals surface area contributed by atoms with Crippen molar-refractivity contribution in [2.45, 2.75) is 70.8 Å². The Kier molecular flexibility index (Phi) is 4.87. The summed E-state index contributed by atoms with van der Waals surface area (Å²) in [6, 6.07) is 0.787. The van der Waals surface area contributed by atoms with Gasteiger partial charge < -0.3 is 10.6 Å². The first kappa shape index (κ1) is 13.4. The van der Waals surface area contributed by atoms with Gasteiger partial charge >= 0.3 is 0 Å². The summed E-state index contributed by atoms with van der Waals surface area (Å²) in [5.41, 5.74) is 6.59. The number of rotatable bonds is 3. The lowest BCUT2D eigenvalue weighted by Crippen LogP contribution is -2.47. The standard InChI is InChI=1S/C15H30N2/c1-14-8-4-7-11-17(14)13-15(12-16)9-5-2-3-6-10-15/h14H,2-13,16H2,1H3. The molecule has 1 aliphatic carbocycles. The molecule has 1 saturated heterocycles. The highest BCUT2D eigenvalue weighted by Crippen LogP contribution is 2.36. The molecule has 0 aromatic heterocycles. The highest BCUT2D eigenvalue weighted by Gasteiger charge is 2.33. The molecular formula is C15H30N2. The fourth-order valence-corrected chi connectivity index (χ4v) is 3.73. The van der Waals surface area contributed by atoms with Gasteiger partial charge in [0.05, 0.1) is 0 Å². The summed E-state index contributed by atoms with van der Waals surface area (Å²) >= 11 is 0. The summed E-state index contributed by atoms with van der Waals surface area (Å²) in [5, 5.41) is 0. The SMILES string of the molecule is CC1CCCCN1CC1(CN)CCCCCC1. The van der Waals surface area contributed by atoms with Gasteiger partial charge in [-0.25, -0.2) is 0 Å². The fraction of sp³-hybridized carbons (Fsp3) is 1.00. The highest BCUT2D eigenvalue weighted by atomic mass is 15.2. The molecule has 1 saturated carbocycles. The van der Waals surface area contributed by atoms with Crippen LogP contribution in [0.3, 0.4) is 0 Å². The molecule has 0 amide bonds. The Morgan fingerprint density at radius 1 is 1.06 bits per heavy atom. The van der Waals surface area contributed by atoms with Crippen molar-refractivity contribution in [3.63, 3.8) is 0 Å². The van der Waals surface area contributed by atoms with Crippen LogP contribution >= 0.6 is 0 Å². The lowest BCUT2D eigenvalue weighted by molar-refractivity contribution is 0.0813. The minimum absolute atomic E-state index is 0.447. The van der Waals surface area contributed by atoms with Crippen molar-refractivity contribution >= 4 is 0 Å². The van der Waals surface area contributed by atoms with Crippen LogP contribution in [0.2, 0.25) is 0 Å². The van der Waals surface area contributed by atoms with E-state index in [9.17, 15) is 0 Å². The Labute approximate surface area is 107 Å². The molecule has 0 aromatic rings. The lowest BCUT2D eigenvalue weighted by Gasteiger charge is -2.42. The van der Waals surface area contributed by atoms with Gasteiger partial charge in [0.15, 0.2) is 0 Å². The van der Waals surface area contributed by atoms with Crippen LogP contribution in [0.5, 0.6) is 0 Å². The first-order valence-corrected chi connectivity index (χ1v) is 7.70. The van der Waals surface area contributed by atoms with Gasteiger partial charge in [0.1, 0.15) is 0 Å². The van der Waals surface area contributed by atoms with E-state index in [1.165, 1.54) is 70.9 Å². The van der Waals surface area contributed by atoms with Crippen LogP contribution in [0, 0.1) is 5.41 Å². The normalized spacial score (nSPS) is 31.1. The van der Waals surface area contributed by atoms with Crippen LogP contribution < -0.4 is 5.73 Å². The van der Waals surface area contributed by atoms with E-state index in [0.29, 0.717) is 5.41 Å². The van der Waals surface area contributed by atoms with Crippen molar-refractivity contribution in [2.24, 2.45) is 11.1 Å². The van der Waals surface area contributed by atoms with Crippen LogP contribution in [0.25, 0.3) is 0 Å². The second-order valence-electron chi connectivity index (χ2n) is 6.43. The zero-order valence-electron chi connectivity index (χ0n) is 11.6. The Morgan fingerprint density at radius 3 is 2.35 bits per heavy atom. The van der Waals surface area contributed by atoms with E-state index in [1.807, 2.05) is 0 Å². The van der Waals surface area contributed by atoms with Crippen LogP contribution in [-0.4, -0.2) is 30.6 Å². The smallest absolute Gasteiger partial charge is 0.00671 e. The van der Waals surface area contributed by atoms with E-state index in [4.69, 9.17) is 5.73 Å². The molecule has 17 heavy (non-hydrogen) atoms. The minimum atomic E-state index is 0.447. The molecule has 0 spiro atoms. The summed E-state index contributed by atoms with van der Waals surface area (Å²) in [6.07, 6.45) is 12.6. The molecular weight excluding hydrogens is 208 g/mol. The molecule has 2 aliphatic rings. The molecule has 100 valence electrons. The van der Waals surface area contributed by atoms with Gasteiger partial charge in [-0.1, -0.05) is 32.1 Å². The van der Waals surface area contributed by atoms with Gasteiger partial charge in [-0.05, 0) is 51.1 Å². The molecule has 2 fully saturated rings. The molecule has 2 rings (SSSR count). The predicted octanol–water partition coefficient (Wildman–Crippen LogP) is 3.16. The number of piperidine rings is 1. The van der Waals surface area contributed by atoms with Gasteiger partial charge in [-0.2, -0.15) is 0 Å². The van der Waals surface area contributed by atoms with Gasteiger partial charge in [0.25, 0.3) is 0 Å². The molecule has 0 bridgehead atoms. The van der Waals surface area contributed by atoms with Gasteiger partial charge in [-0.15, -0.1) is 0 Å². The highest BCUT2D eigenvalue weighted by molar-refractivity contribution is 4.88. The zero-order chi connectivity index (χ0) is 12.1. The Hall–Kier alpha value is -0.0800. The number of nitrogens with zero attached hydrogens (tertiary/aromatic N) is 1. The van der Waals surface area contributed by atoms with Gasteiger partial charge in [-0.3, -0.25) is 0 Å². The van der Waals surface area contributed by atoms with Gasteiger partial charge in [0, 0.05) is 12.6 Å². The molecule has 1 atom stereocenters. The summed E-state index contributed by atoms with van der Waals surface area (Å²) < 4.78 is 0. The van der Waals surface area contributed by atoms with Crippen molar-refractivity contribution in [2.75, 3.05) is 19.6 Å². The number of hydrogen-bond acceptors (Lipinski definition) is 2. The number of nitrogens with two attached hydrogens (primary N) is 1. The summed E-state index contributed by atoms with van der Waals surface area (Å²) in [4.78, 5) is 2.72. The molecule has 2 nitrogen and oxygen atoms in total. The second-order valence-corrected chi connectivity index (χ2v) is 6.43. The minimum Gasteiger partial charge on any atom is -0.330 e. The van der Waals surface area contributed by atoms with E-state index >= 15 is 0 Å². The van der Waals surface area contributed by atoms with E-state index in [1.54, 1.807) is 0 Å². The predicted molar refractivity (Wildman–Crippen MR) is 74.1 cm³/mol. The molecule has 0 radical (unpaired) electrons. The fourth-order valence-electron chi connectivity index (χ4n) is 3.73. The zero-order valence-corrected chi connectivity index (χ0v) is 11.6. The van der Waals surface area contributed by atoms with Crippen molar-refractivity contribution in [1.29, 1.82) is 0 Å². The number of hydrogen-bond donors (Lipinski definition) is 1. The van der Waals surface area contributed by atoms with Crippen molar-refractivity contribution in [1.82, 2.24) is 4.90 Å². The van der Waals surface area contributed by atoms with Gasteiger partial charge in [0.2, 0.25) is 0 Å². The maximum atomic E-state index is 6.14. The van der Waals surface area contributed by atoms with E-state index < -0.39 is 0 Å². The first-order valence-electron chi connectivity index (χ1n) is 7.70. The summed E-state index contributed by atoms with van der Waals surface area (Å²) in [5.74, 6) is 0. The molecule has 2 heteroatoms. The van der Waals surface area contributed by atoms with Crippen LogP contribution in [0.4, 0.5) is 0 Å². The third-order valence-corrected chi connectivity index (χ3v) is 5.08. The van der Waals surface area contributed by atoms with E-state index in [-0.39, 0.29) is 0 Å². The quantitative estimate of drug-likeness (QED) is 0.765. The van der Waals surface area contributed by atoms with E-state index in [2.05, 4.69) is 11.8 Å². The molecule has 0 aromatic carbocycles. The Balaban J connectivity index is 1.96. The Bertz CT molecular complexity index is 219. The average molecular weight is 238 g/mol. The monoisotopic (exact) mass is 238 g/mol. The molecule has 1 heterocycles. The molecule has 2 N–H and O–H groups in total. The average Bonchev–Trinajstić information content (AvgIpc) is 2.58. The molecule has 1 aliphatic heterocycles. The second kappa shape index (κ2) is 6.19. The van der Waals surface area contributed by atoms with Crippen LogP contribution in [0.1, 0.15) is 64.7 Å². The first-order chi connectivity index (χ1) is 8.26. The van der Waals surface area contributed by atoms with Crippen molar-refractivity contribution < 1.29 is 0 Å².